The Morgan fingerprint density at radius 3 is 2.30 bits per heavy atom. The third kappa shape index (κ3) is 3.50. The molecule has 0 saturated heterocycles. The van der Waals surface area contributed by atoms with Gasteiger partial charge in [0.05, 0.1) is 10.0 Å². The van der Waals surface area contributed by atoms with Crippen LogP contribution in [0, 0.1) is 5.82 Å². The molecule has 0 aliphatic carbocycles. The Bertz CT molecular complexity index is 596. The highest BCUT2D eigenvalue weighted by atomic mass is 79.9. The van der Waals surface area contributed by atoms with Crippen molar-refractivity contribution in [1.29, 1.82) is 0 Å². The Kier molecular flexibility index (Phi) is 4.32. The number of hydrogen-bond donors (Lipinski definition) is 0. The summed E-state index contributed by atoms with van der Waals surface area (Å²) in [6, 6.07) is 10.2. The van der Waals surface area contributed by atoms with Gasteiger partial charge in [0.15, 0.2) is 0 Å². The molecule has 106 valence electrons. The van der Waals surface area contributed by atoms with E-state index >= 15 is 0 Å². The SMILES string of the molecule is Fc1cc(OCc2ccccc2)c(Br)c(C(F)(F)F)c1. The maximum Gasteiger partial charge on any atom is 0.417 e. The molecule has 2 rings (SSSR count). The van der Waals surface area contributed by atoms with Crippen LogP contribution in [-0.4, -0.2) is 0 Å². The largest absolute Gasteiger partial charge is 0.488 e. The topological polar surface area (TPSA) is 9.23 Å². The van der Waals surface area contributed by atoms with E-state index in [4.69, 9.17) is 4.74 Å². The van der Waals surface area contributed by atoms with Crippen LogP contribution in [-0.2, 0) is 12.8 Å². The van der Waals surface area contributed by atoms with Crippen molar-refractivity contribution in [3.8, 4) is 5.75 Å². The molecule has 0 unspecified atom stereocenters. The van der Waals surface area contributed by atoms with Gasteiger partial charge in [-0.2, -0.15) is 13.2 Å². The first-order valence-electron chi connectivity index (χ1n) is 5.61. The molecular weight excluding hydrogens is 340 g/mol. The third-order valence-corrected chi connectivity index (χ3v) is 3.36. The molecule has 2 aromatic rings. The minimum absolute atomic E-state index is 0.0557. The Morgan fingerprint density at radius 2 is 1.70 bits per heavy atom. The summed E-state index contributed by atoms with van der Waals surface area (Å²) in [5.74, 6) is -1.18. The van der Waals surface area contributed by atoms with Crippen LogP contribution in [0.5, 0.6) is 5.75 Å². The number of hydrogen-bond acceptors (Lipinski definition) is 1. The second kappa shape index (κ2) is 5.83. The summed E-state index contributed by atoms with van der Waals surface area (Å²) in [5.41, 5.74) is -0.321. The summed E-state index contributed by atoms with van der Waals surface area (Å²) in [6.07, 6.45) is -4.65. The predicted molar refractivity (Wildman–Crippen MR) is 69.9 cm³/mol. The van der Waals surface area contributed by atoms with E-state index in [1.165, 1.54) is 0 Å². The van der Waals surface area contributed by atoms with Gasteiger partial charge in [0.25, 0.3) is 0 Å². The molecule has 0 aromatic heterocycles. The van der Waals surface area contributed by atoms with Crippen LogP contribution in [0.4, 0.5) is 17.6 Å². The quantitative estimate of drug-likeness (QED) is 0.694. The summed E-state index contributed by atoms with van der Waals surface area (Å²) in [6.45, 7) is 0.0557. The normalized spacial score (nSPS) is 11.4. The number of halogens is 5. The highest BCUT2D eigenvalue weighted by molar-refractivity contribution is 9.10. The predicted octanol–water partition coefficient (Wildman–Crippen LogP) is 5.19. The number of alkyl halides is 3. The van der Waals surface area contributed by atoms with Gasteiger partial charge in [-0.1, -0.05) is 30.3 Å². The first kappa shape index (κ1) is 14.8. The van der Waals surface area contributed by atoms with E-state index in [0.717, 1.165) is 11.6 Å². The summed E-state index contributed by atoms with van der Waals surface area (Å²) in [5, 5.41) is 0. The molecule has 0 amide bonds. The van der Waals surface area contributed by atoms with Crippen LogP contribution in [0.1, 0.15) is 11.1 Å². The summed E-state index contributed by atoms with van der Waals surface area (Å²) in [4.78, 5) is 0. The molecule has 2 aromatic carbocycles. The number of ether oxygens (including phenoxy) is 1. The summed E-state index contributed by atoms with van der Waals surface area (Å²) < 4.78 is 56.4. The van der Waals surface area contributed by atoms with Crippen LogP contribution in [0.25, 0.3) is 0 Å². The molecule has 0 N–H and O–H groups in total. The van der Waals surface area contributed by atoms with Gasteiger partial charge in [-0.15, -0.1) is 0 Å². The molecule has 0 aliphatic rings. The number of benzene rings is 2. The highest BCUT2D eigenvalue weighted by Gasteiger charge is 2.35. The van der Waals surface area contributed by atoms with Crippen molar-refractivity contribution in [2.75, 3.05) is 0 Å². The van der Waals surface area contributed by atoms with Gasteiger partial charge in [0, 0.05) is 6.07 Å². The van der Waals surface area contributed by atoms with Gasteiger partial charge in [0.1, 0.15) is 18.2 Å². The van der Waals surface area contributed by atoms with E-state index in [2.05, 4.69) is 15.9 Å². The minimum atomic E-state index is -4.65. The van der Waals surface area contributed by atoms with Crippen LogP contribution in [0.3, 0.4) is 0 Å². The van der Waals surface area contributed by atoms with Crippen molar-refractivity contribution in [2.45, 2.75) is 12.8 Å². The maximum atomic E-state index is 13.3. The molecule has 0 spiro atoms. The number of rotatable bonds is 3. The third-order valence-electron chi connectivity index (χ3n) is 2.55. The molecule has 0 fully saturated rings. The molecule has 0 heterocycles. The molecule has 0 radical (unpaired) electrons. The fourth-order valence-corrected chi connectivity index (χ4v) is 2.18. The summed E-state index contributed by atoms with van der Waals surface area (Å²) in [7, 11) is 0. The van der Waals surface area contributed by atoms with Gasteiger partial charge in [-0.25, -0.2) is 4.39 Å². The van der Waals surface area contributed by atoms with Crippen LogP contribution in [0.15, 0.2) is 46.9 Å². The van der Waals surface area contributed by atoms with Crippen LogP contribution < -0.4 is 4.74 Å². The zero-order valence-corrected chi connectivity index (χ0v) is 11.6. The molecule has 1 nitrogen and oxygen atoms in total. The minimum Gasteiger partial charge on any atom is -0.488 e. The van der Waals surface area contributed by atoms with E-state index in [0.29, 0.717) is 6.07 Å². The zero-order chi connectivity index (χ0) is 14.8. The lowest BCUT2D eigenvalue weighted by Gasteiger charge is -2.14. The van der Waals surface area contributed by atoms with Gasteiger partial charge >= 0.3 is 6.18 Å². The van der Waals surface area contributed by atoms with Crippen molar-refractivity contribution in [1.82, 2.24) is 0 Å². The second-order valence-electron chi connectivity index (χ2n) is 4.04. The summed E-state index contributed by atoms with van der Waals surface area (Å²) >= 11 is 2.81. The zero-order valence-electron chi connectivity index (χ0n) is 10.0. The monoisotopic (exact) mass is 348 g/mol. The highest BCUT2D eigenvalue weighted by Crippen LogP contribution is 2.40. The van der Waals surface area contributed by atoms with E-state index in [1.54, 1.807) is 24.3 Å². The fourth-order valence-electron chi connectivity index (χ4n) is 1.61. The van der Waals surface area contributed by atoms with Crippen molar-refractivity contribution in [3.63, 3.8) is 0 Å². The Labute approximate surface area is 121 Å². The first-order chi connectivity index (χ1) is 9.38. The van der Waals surface area contributed by atoms with Crippen molar-refractivity contribution in [3.05, 3.63) is 63.9 Å². The van der Waals surface area contributed by atoms with Crippen molar-refractivity contribution in [2.24, 2.45) is 0 Å². The fraction of sp³-hybridized carbons (Fsp3) is 0.143. The lowest BCUT2D eigenvalue weighted by Crippen LogP contribution is -2.08. The van der Waals surface area contributed by atoms with Gasteiger partial charge in [-0.3, -0.25) is 0 Å². The van der Waals surface area contributed by atoms with Crippen LogP contribution >= 0.6 is 15.9 Å². The molecule has 0 aliphatic heterocycles. The first-order valence-corrected chi connectivity index (χ1v) is 6.40. The Morgan fingerprint density at radius 1 is 1.05 bits per heavy atom. The lowest BCUT2D eigenvalue weighted by atomic mass is 10.2. The van der Waals surface area contributed by atoms with Gasteiger partial charge < -0.3 is 4.74 Å². The Balaban J connectivity index is 2.26. The molecule has 20 heavy (non-hydrogen) atoms. The van der Waals surface area contributed by atoms with Crippen molar-refractivity contribution < 1.29 is 22.3 Å². The van der Waals surface area contributed by atoms with E-state index in [9.17, 15) is 17.6 Å². The van der Waals surface area contributed by atoms with E-state index in [1.807, 2.05) is 6.07 Å². The Hall–Kier alpha value is -1.56. The molecular formula is C14H9BrF4O. The molecule has 0 saturated carbocycles. The maximum absolute atomic E-state index is 13.3. The average Bonchev–Trinajstić information content (AvgIpc) is 2.39. The molecule has 0 bridgehead atoms. The van der Waals surface area contributed by atoms with E-state index in [-0.39, 0.29) is 16.8 Å². The lowest BCUT2D eigenvalue weighted by molar-refractivity contribution is -0.138. The molecule has 0 atom stereocenters. The van der Waals surface area contributed by atoms with Crippen LogP contribution in [0.2, 0.25) is 0 Å². The average molecular weight is 349 g/mol. The van der Waals surface area contributed by atoms with Crippen molar-refractivity contribution >= 4 is 15.9 Å². The van der Waals surface area contributed by atoms with Gasteiger partial charge in [-0.05, 0) is 27.6 Å². The van der Waals surface area contributed by atoms with E-state index < -0.39 is 17.6 Å². The van der Waals surface area contributed by atoms with Gasteiger partial charge in [0.2, 0.25) is 0 Å². The second-order valence-corrected chi connectivity index (χ2v) is 4.83. The standard InChI is InChI=1S/C14H9BrF4O/c15-13-11(14(17,18)19)6-10(16)7-12(13)20-8-9-4-2-1-3-5-9/h1-7H,8H2. The smallest absolute Gasteiger partial charge is 0.417 e. The molecule has 6 heteroatoms.